The van der Waals surface area contributed by atoms with Gasteiger partial charge >= 0.3 is 0 Å². The Bertz CT molecular complexity index is 1240. The number of fused-ring (bicyclic) bond motifs is 2. The van der Waals surface area contributed by atoms with Gasteiger partial charge in [0.15, 0.2) is 0 Å². The summed E-state index contributed by atoms with van der Waals surface area (Å²) in [7, 11) is 0. The molecule has 0 saturated heterocycles. The van der Waals surface area contributed by atoms with Crippen LogP contribution in [0.4, 0.5) is 0 Å². The summed E-state index contributed by atoms with van der Waals surface area (Å²) >= 11 is 3.55. The Kier molecular flexibility index (Phi) is 5.50. The number of hydrogen-bond donors (Lipinski definition) is 2. The van der Waals surface area contributed by atoms with E-state index in [1.165, 1.54) is 0 Å². The molecular formula is C22H23BrN6O2. The lowest BCUT2D eigenvalue weighted by atomic mass is 9.84. The normalized spacial score (nSPS) is 15.5. The second kappa shape index (κ2) is 8.12. The molecule has 1 amide bonds. The summed E-state index contributed by atoms with van der Waals surface area (Å²) in [6, 6.07) is 8.13. The van der Waals surface area contributed by atoms with Crippen LogP contribution in [0.25, 0.3) is 10.9 Å². The van der Waals surface area contributed by atoms with E-state index in [4.69, 9.17) is 10.5 Å². The molecule has 8 nitrogen and oxygen atoms in total. The van der Waals surface area contributed by atoms with Gasteiger partial charge in [-0.05, 0) is 44.5 Å². The number of carbonyl (C=O) groups is 1. The van der Waals surface area contributed by atoms with Gasteiger partial charge in [0, 0.05) is 45.9 Å². The lowest BCUT2D eigenvalue weighted by Crippen LogP contribution is -2.33. The number of rotatable bonds is 5. The van der Waals surface area contributed by atoms with Crippen molar-refractivity contribution in [1.82, 2.24) is 19.7 Å². The van der Waals surface area contributed by atoms with Crippen LogP contribution < -0.4 is 10.5 Å². The fourth-order valence-electron chi connectivity index (χ4n) is 4.19. The number of likely N-dealkylation sites (N-methyl/N-ethyl adjacent to an activating group) is 1. The third-order valence-corrected chi connectivity index (χ3v) is 6.23. The molecule has 3 aromatic rings. The topological polar surface area (TPSA) is 113 Å². The van der Waals surface area contributed by atoms with Crippen LogP contribution in [0.2, 0.25) is 0 Å². The van der Waals surface area contributed by atoms with Crippen LogP contribution in [0.15, 0.2) is 40.3 Å². The van der Waals surface area contributed by atoms with Gasteiger partial charge in [0.2, 0.25) is 17.7 Å². The zero-order valence-electron chi connectivity index (χ0n) is 17.6. The van der Waals surface area contributed by atoms with Crippen molar-refractivity contribution in [3.63, 3.8) is 0 Å². The molecular weight excluding hydrogens is 460 g/mol. The monoisotopic (exact) mass is 482 g/mol. The molecule has 0 radical (unpaired) electrons. The first-order chi connectivity index (χ1) is 14.9. The SMILES string of the molecule is CCN(CC)C(=O)Cn1cc(C2C(C#N)=C(N)Oc3n[nH]c(C)c32)c2cc(Br)ccc21. The fraction of sp³-hybridized carbons (Fsp3) is 0.318. The molecule has 0 spiro atoms. The highest BCUT2D eigenvalue weighted by atomic mass is 79.9. The lowest BCUT2D eigenvalue weighted by molar-refractivity contribution is -0.131. The fourth-order valence-corrected chi connectivity index (χ4v) is 4.55. The second-order valence-corrected chi connectivity index (χ2v) is 8.35. The van der Waals surface area contributed by atoms with Crippen LogP contribution in [0.1, 0.15) is 36.6 Å². The quantitative estimate of drug-likeness (QED) is 0.577. The Hall–Kier alpha value is -3.25. The number of ether oxygens (including phenoxy) is 1. The number of nitrogens with two attached hydrogens (primary N) is 1. The van der Waals surface area contributed by atoms with Crippen LogP contribution in [-0.4, -0.2) is 38.7 Å². The van der Waals surface area contributed by atoms with Gasteiger partial charge in [0.1, 0.15) is 18.2 Å². The Morgan fingerprint density at radius 1 is 1.42 bits per heavy atom. The minimum atomic E-state index is -0.450. The number of nitriles is 1. The van der Waals surface area contributed by atoms with E-state index in [2.05, 4.69) is 32.2 Å². The molecule has 0 bridgehead atoms. The summed E-state index contributed by atoms with van der Waals surface area (Å²) in [6.45, 7) is 7.34. The van der Waals surface area contributed by atoms with Crippen LogP contribution in [0.3, 0.4) is 0 Å². The van der Waals surface area contributed by atoms with E-state index in [1.807, 2.05) is 49.7 Å². The van der Waals surface area contributed by atoms with Crippen molar-refractivity contribution in [3.05, 3.63) is 57.1 Å². The molecule has 0 fully saturated rings. The molecule has 9 heteroatoms. The highest BCUT2D eigenvalue weighted by Crippen LogP contribution is 2.45. The number of benzene rings is 1. The average molecular weight is 483 g/mol. The van der Waals surface area contributed by atoms with Crippen LogP contribution in [0, 0.1) is 18.3 Å². The first-order valence-corrected chi connectivity index (χ1v) is 10.9. The molecule has 3 N–H and O–H groups in total. The van der Waals surface area contributed by atoms with Crippen molar-refractivity contribution in [2.24, 2.45) is 5.73 Å². The summed E-state index contributed by atoms with van der Waals surface area (Å²) in [5.74, 6) is 0.00363. The molecule has 0 saturated carbocycles. The van der Waals surface area contributed by atoms with Gasteiger partial charge in [-0.25, -0.2) is 0 Å². The smallest absolute Gasteiger partial charge is 0.244 e. The van der Waals surface area contributed by atoms with Gasteiger partial charge in [0.25, 0.3) is 0 Å². The lowest BCUT2D eigenvalue weighted by Gasteiger charge is -2.23. The summed E-state index contributed by atoms with van der Waals surface area (Å²) in [5, 5.41) is 17.9. The highest BCUT2D eigenvalue weighted by molar-refractivity contribution is 9.10. The zero-order valence-corrected chi connectivity index (χ0v) is 19.2. The molecule has 2 aromatic heterocycles. The van der Waals surface area contributed by atoms with E-state index in [9.17, 15) is 10.1 Å². The Balaban J connectivity index is 1.92. The van der Waals surface area contributed by atoms with Gasteiger partial charge in [0.05, 0.1) is 5.92 Å². The van der Waals surface area contributed by atoms with Gasteiger partial charge in [-0.1, -0.05) is 15.9 Å². The summed E-state index contributed by atoms with van der Waals surface area (Å²) in [4.78, 5) is 14.6. The maximum Gasteiger partial charge on any atom is 0.244 e. The number of amides is 1. The van der Waals surface area contributed by atoms with Crippen molar-refractivity contribution in [2.45, 2.75) is 33.2 Å². The number of halogens is 1. The van der Waals surface area contributed by atoms with Crippen LogP contribution in [-0.2, 0) is 11.3 Å². The first-order valence-electron chi connectivity index (χ1n) is 10.1. The molecule has 3 heterocycles. The van der Waals surface area contributed by atoms with Crippen molar-refractivity contribution in [2.75, 3.05) is 13.1 Å². The number of aromatic nitrogens is 3. The molecule has 1 atom stereocenters. The van der Waals surface area contributed by atoms with E-state index in [0.29, 0.717) is 24.5 Å². The minimum absolute atomic E-state index is 0.0408. The van der Waals surface area contributed by atoms with Crippen molar-refractivity contribution in [1.29, 1.82) is 5.26 Å². The van der Waals surface area contributed by atoms with Gasteiger partial charge in [-0.2, -0.15) is 5.26 Å². The third kappa shape index (κ3) is 3.47. The maximum absolute atomic E-state index is 12.8. The molecule has 0 aliphatic carbocycles. The predicted octanol–water partition coefficient (Wildman–Crippen LogP) is 3.52. The summed E-state index contributed by atoms with van der Waals surface area (Å²) in [5.41, 5.74) is 9.77. The van der Waals surface area contributed by atoms with Gasteiger partial charge < -0.3 is 19.9 Å². The average Bonchev–Trinajstić information content (AvgIpc) is 3.28. The Morgan fingerprint density at radius 3 is 2.84 bits per heavy atom. The van der Waals surface area contributed by atoms with Crippen molar-refractivity contribution >= 4 is 32.7 Å². The molecule has 160 valence electrons. The van der Waals surface area contributed by atoms with E-state index < -0.39 is 5.92 Å². The standard InChI is InChI=1S/C22H23BrN6O2/c1-4-28(5-2)18(30)11-29-10-16(14-8-13(23)6-7-17(14)29)20-15(9-24)21(25)31-22-19(20)12(3)26-27-22/h6-8,10,20H,4-5,11,25H2,1-3H3,(H,26,27). The number of nitrogens with zero attached hydrogens (tertiary/aromatic N) is 4. The molecule has 1 unspecified atom stereocenters. The number of aromatic amines is 1. The van der Waals surface area contributed by atoms with E-state index in [0.717, 1.165) is 32.2 Å². The number of nitrogens with one attached hydrogen (secondary N) is 1. The Morgan fingerprint density at radius 2 is 2.16 bits per heavy atom. The number of allylic oxidation sites excluding steroid dienone is 1. The predicted molar refractivity (Wildman–Crippen MR) is 120 cm³/mol. The maximum atomic E-state index is 12.8. The molecule has 4 rings (SSSR count). The zero-order chi connectivity index (χ0) is 22.3. The number of aryl methyl sites for hydroxylation is 1. The second-order valence-electron chi connectivity index (χ2n) is 7.43. The number of H-pyrrole nitrogens is 1. The van der Waals surface area contributed by atoms with Crippen LogP contribution >= 0.6 is 15.9 Å². The van der Waals surface area contributed by atoms with E-state index >= 15 is 0 Å². The minimum Gasteiger partial charge on any atom is -0.420 e. The largest absolute Gasteiger partial charge is 0.420 e. The molecule has 31 heavy (non-hydrogen) atoms. The van der Waals surface area contributed by atoms with Crippen molar-refractivity contribution < 1.29 is 9.53 Å². The Labute approximate surface area is 188 Å². The highest BCUT2D eigenvalue weighted by Gasteiger charge is 2.36. The first kappa shape index (κ1) is 21.0. The molecule has 1 aliphatic rings. The number of hydrogen-bond acceptors (Lipinski definition) is 5. The molecule has 1 aromatic carbocycles. The molecule has 1 aliphatic heterocycles. The summed E-state index contributed by atoms with van der Waals surface area (Å²) in [6.07, 6.45) is 1.94. The van der Waals surface area contributed by atoms with Gasteiger partial charge in [-0.3, -0.25) is 9.89 Å². The number of carbonyl (C=O) groups excluding carboxylic acids is 1. The third-order valence-electron chi connectivity index (χ3n) is 5.74. The van der Waals surface area contributed by atoms with Gasteiger partial charge in [-0.15, -0.1) is 5.10 Å². The van der Waals surface area contributed by atoms with Crippen molar-refractivity contribution in [3.8, 4) is 11.9 Å². The van der Waals surface area contributed by atoms with E-state index in [-0.39, 0.29) is 18.3 Å². The van der Waals surface area contributed by atoms with Crippen LogP contribution in [0.5, 0.6) is 5.88 Å². The summed E-state index contributed by atoms with van der Waals surface area (Å²) < 4.78 is 8.43. The van der Waals surface area contributed by atoms with E-state index in [1.54, 1.807) is 4.90 Å².